The van der Waals surface area contributed by atoms with Gasteiger partial charge in [-0.2, -0.15) is 0 Å². The molecule has 1 fully saturated rings. The molecular weight excluding hydrogens is 380 g/mol. The number of hydrogen-bond acceptors (Lipinski definition) is 4. The monoisotopic (exact) mass is 401 g/mol. The summed E-state index contributed by atoms with van der Waals surface area (Å²) in [5.41, 5.74) is -0.410. The van der Waals surface area contributed by atoms with Gasteiger partial charge in [-0.1, -0.05) is 18.9 Å². The lowest BCUT2D eigenvalue weighted by Crippen LogP contribution is -2.39. The molecule has 0 radical (unpaired) electrons. The van der Waals surface area contributed by atoms with Crippen molar-refractivity contribution >= 4 is 21.4 Å². The molecule has 4 nitrogen and oxygen atoms in total. The van der Waals surface area contributed by atoms with Crippen molar-refractivity contribution in [1.82, 2.24) is 4.72 Å². The molecule has 3 rings (SSSR count). The summed E-state index contributed by atoms with van der Waals surface area (Å²) in [6, 6.07) is 6.74. The fourth-order valence-corrected chi connectivity index (χ4v) is 5.92. The Morgan fingerprint density at radius 1 is 1.19 bits per heavy atom. The van der Waals surface area contributed by atoms with Crippen LogP contribution in [0.4, 0.5) is 8.78 Å². The Labute approximate surface area is 155 Å². The largest absolute Gasteiger partial charge is 0.388 e. The predicted octanol–water partition coefficient (Wildman–Crippen LogP) is 3.87. The number of thiophene rings is 1. The third kappa shape index (κ3) is 3.69. The first kappa shape index (κ1) is 19.4. The van der Waals surface area contributed by atoms with E-state index in [1.165, 1.54) is 11.3 Å². The number of rotatable bonds is 6. The van der Waals surface area contributed by atoms with Crippen molar-refractivity contribution in [3.8, 4) is 0 Å². The minimum atomic E-state index is -4.31. The van der Waals surface area contributed by atoms with E-state index in [1.54, 1.807) is 6.92 Å². The molecule has 1 aromatic heterocycles. The molecule has 0 aliphatic heterocycles. The Hall–Kier alpha value is -1.35. The van der Waals surface area contributed by atoms with Gasteiger partial charge in [-0.05, 0) is 44.0 Å². The lowest BCUT2D eigenvalue weighted by molar-refractivity contribution is 0.203. The van der Waals surface area contributed by atoms with Crippen LogP contribution in [0, 0.1) is 11.6 Å². The highest BCUT2D eigenvalue weighted by molar-refractivity contribution is 7.89. The van der Waals surface area contributed by atoms with Crippen molar-refractivity contribution in [1.29, 1.82) is 0 Å². The van der Waals surface area contributed by atoms with Gasteiger partial charge in [0.2, 0.25) is 10.0 Å². The van der Waals surface area contributed by atoms with Crippen molar-refractivity contribution in [2.24, 2.45) is 0 Å². The van der Waals surface area contributed by atoms with Crippen LogP contribution < -0.4 is 4.72 Å². The van der Waals surface area contributed by atoms with E-state index >= 15 is 0 Å². The summed E-state index contributed by atoms with van der Waals surface area (Å²) >= 11 is 1.46. The Morgan fingerprint density at radius 2 is 1.81 bits per heavy atom. The lowest BCUT2D eigenvalue weighted by atomic mass is 9.85. The summed E-state index contributed by atoms with van der Waals surface area (Å²) < 4.78 is 55.1. The molecule has 1 unspecified atom stereocenters. The Kier molecular flexibility index (Phi) is 5.48. The molecule has 2 N–H and O–H groups in total. The fourth-order valence-electron chi connectivity index (χ4n) is 3.47. The fraction of sp³-hybridized carbons (Fsp3) is 0.444. The summed E-state index contributed by atoms with van der Waals surface area (Å²) in [6.07, 6.45) is 2.90. The van der Waals surface area contributed by atoms with Crippen LogP contribution in [0.3, 0.4) is 0 Å². The first-order valence-electron chi connectivity index (χ1n) is 8.47. The van der Waals surface area contributed by atoms with Crippen LogP contribution >= 0.6 is 11.3 Å². The van der Waals surface area contributed by atoms with Crippen molar-refractivity contribution in [3.05, 3.63) is 51.7 Å². The zero-order valence-corrected chi connectivity index (χ0v) is 16.0. The molecule has 1 aliphatic rings. The van der Waals surface area contributed by atoms with Gasteiger partial charge >= 0.3 is 0 Å². The van der Waals surface area contributed by atoms with Gasteiger partial charge < -0.3 is 5.11 Å². The quantitative estimate of drug-likeness (QED) is 0.772. The van der Waals surface area contributed by atoms with Gasteiger partial charge in [0.15, 0.2) is 4.90 Å². The van der Waals surface area contributed by atoms with E-state index in [2.05, 4.69) is 4.72 Å². The molecular formula is C18H21F2NO3S2. The van der Waals surface area contributed by atoms with Crippen molar-refractivity contribution in [2.45, 2.75) is 49.0 Å². The topological polar surface area (TPSA) is 66.4 Å². The Balaban J connectivity index is 1.87. The average molecular weight is 402 g/mol. The van der Waals surface area contributed by atoms with Gasteiger partial charge in [0.05, 0.1) is 6.10 Å². The molecule has 142 valence electrons. The minimum Gasteiger partial charge on any atom is -0.388 e. The van der Waals surface area contributed by atoms with E-state index in [-0.39, 0.29) is 6.54 Å². The highest BCUT2D eigenvalue weighted by atomic mass is 32.2. The van der Waals surface area contributed by atoms with Gasteiger partial charge in [0, 0.05) is 21.7 Å². The minimum absolute atomic E-state index is 0.0723. The second-order valence-electron chi connectivity index (χ2n) is 6.74. The molecule has 2 aromatic rings. The normalized spacial score (nSPS) is 18.2. The molecule has 1 atom stereocenters. The first-order valence-corrected chi connectivity index (χ1v) is 10.8. The van der Waals surface area contributed by atoms with Crippen LogP contribution in [0.5, 0.6) is 0 Å². The van der Waals surface area contributed by atoms with Gasteiger partial charge in [0.1, 0.15) is 11.6 Å². The van der Waals surface area contributed by atoms with E-state index in [1.807, 2.05) is 12.1 Å². The van der Waals surface area contributed by atoms with Crippen LogP contribution in [0.1, 0.15) is 48.5 Å². The van der Waals surface area contributed by atoms with E-state index in [4.69, 9.17) is 0 Å². The van der Waals surface area contributed by atoms with Crippen LogP contribution in [-0.4, -0.2) is 20.1 Å². The predicted molar refractivity (Wildman–Crippen MR) is 96.6 cm³/mol. The number of halogens is 2. The second kappa shape index (κ2) is 7.34. The summed E-state index contributed by atoms with van der Waals surface area (Å²) in [5, 5.41) is 9.75. The van der Waals surface area contributed by atoms with Gasteiger partial charge in [-0.15, -0.1) is 11.3 Å². The van der Waals surface area contributed by atoms with Crippen molar-refractivity contribution in [3.63, 3.8) is 0 Å². The molecule has 1 aliphatic carbocycles. The molecule has 1 aromatic carbocycles. The maximum atomic E-state index is 13.9. The summed E-state index contributed by atoms with van der Waals surface area (Å²) in [6.45, 7) is 1.75. The molecule has 0 spiro atoms. The molecule has 1 saturated carbocycles. The molecule has 0 saturated heterocycles. The van der Waals surface area contributed by atoms with Crippen LogP contribution in [0.25, 0.3) is 0 Å². The lowest BCUT2D eigenvalue weighted by Gasteiger charge is -2.28. The van der Waals surface area contributed by atoms with Crippen LogP contribution in [0.15, 0.2) is 35.2 Å². The zero-order valence-electron chi connectivity index (χ0n) is 14.3. The van der Waals surface area contributed by atoms with E-state index in [0.29, 0.717) is 0 Å². The summed E-state index contributed by atoms with van der Waals surface area (Å²) in [5.74, 6) is -2.21. The number of aliphatic hydroxyl groups excluding tert-OH is 1. The van der Waals surface area contributed by atoms with Crippen molar-refractivity contribution in [2.75, 3.05) is 6.54 Å². The van der Waals surface area contributed by atoms with E-state index in [9.17, 15) is 22.3 Å². The number of benzene rings is 1. The number of nitrogens with one attached hydrogen (secondary N) is 1. The summed E-state index contributed by atoms with van der Waals surface area (Å²) in [7, 11) is -4.31. The SMILES string of the molecule is CC(O)c1ccc(C2(CNS(=O)(=O)c3c(F)cccc3F)CCCC2)s1. The number of hydrogen-bond donors (Lipinski definition) is 2. The van der Waals surface area contributed by atoms with Gasteiger partial charge in [0.25, 0.3) is 0 Å². The van der Waals surface area contributed by atoms with Gasteiger partial charge in [-0.25, -0.2) is 21.9 Å². The number of aliphatic hydroxyl groups is 1. The van der Waals surface area contributed by atoms with Crippen LogP contribution in [0.2, 0.25) is 0 Å². The molecule has 1 heterocycles. The van der Waals surface area contributed by atoms with Crippen LogP contribution in [-0.2, 0) is 15.4 Å². The highest BCUT2D eigenvalue weighted by Gasteiger charge is 2.38. The molecule has 0 bridgehead atoms. The molecule has 8 heteroatoms. The molecule has 26 heavy (non-hydrogen) atoms. The second-order valence-corrected chi connectivity index (χ2v) is 9.56. The van der Waals surface area contributed by atoms with E-state index in [0.717, 1.165) is 53.6 Å². The van der Waals surface area contributed by atoms with E-state index < -0.39 is 38.1 Å². The average Bonchev–Trinajstić information content (AvgIpc) is 3.23. The maximum Gasteiger partial charge on any atom is 0.246 e. The van der Waals surface area contributed by atoms with Crippen molar-refractivity contribution < 1.29 is 22.3 Å². The highest BCUT2D eigenvalue weighted by Crippen LogP contribution is 2.44. The Bertz CT molecular complexity index is 867. The third-order valence-electron chi connectivity index (χ3n) is 4.91. The first-order chi connectivity index (χ1) is 12.3. The number of sulfonamides is 1. The smallest absolute Gasteiger partial charge is 0.246 e. The maximum absolute atomic E-state index is 13.9. The summed E-state index contributed by atoms with van der Waals surface area (Å²) in [4.78, 5) is 0.862. The van der Waals surface area contributed by atoms with Gasteiger partial charge in [-0.3, -0.25) is 0 Å². The standard InChI is InChI=1S/C18H21F2NO3S2/c1-12(22)15-7-8-16(25-15)18(9-2-3-10-18)11-21-26(23,24)17-13(19)5-4-6-14(17)20/h4-8,12,21-22H,2-3,9-11H2,1H3. The molecule has 0 amide bonds. The zero-order chi connectivity index (χ0) is 18.9. The Morgan fingerprint density at radius 3 is 2.35 bits per heavy atom. The third-order valence-corrected chi connectivity index (χ3v) is 7.86.